The highest BCUT2D eigenvalue weighted by Gasteiger charge is 2.11. The van der Waals surface area contributed by atoms with Crippen molar-refractivity contribution in [1.82, 2.24) is 0 Å². The van der Waals surface area contributed by atoms with Gasteiger partial charge in [0.25, 0.3) is 0 Å². The van der Waals surface area contributed by atoms with Crippen molar-refractivity contribution in [2.45, 2.75) is 32.6 Å². The quantitative estimate of drug-likeness (QED) is 0.148. The zero-order valence-corrected chi connectivity index (χ0v) is 17.5. The normalized spacial score (nSPS) is 10.9. The predicted octanol–water partition coefficient (Wildman–Crippen LogP) is 7.42. The molecule has 0 spiro atoms. The molecule has 0 amide bonds. The number of esters is 1. The van der Waals surface area contributed by atoms with E-state index in [4.69, 9.17) is 9.47 Å². The molecule has 0 aliphatic heterocycles. The Labute approximate surface area is 181 Å². The van der Waals surface area contributed by atoms with Crippen LogP contribution in [0.1, 0.15) is 43.0 Å². The van der Waals surface area contributed by atoms with Crippen LogP contribution in [-0.4, -0.2) is 12.6 Å². The Morgan fingerprint density at radius 3 is 2.13 bits per heavy atom. The van der Waals surface area contributed by atoms with E-state index in [0.717, 1.165) is 12.2 Å². The molecule has 5 nitrogen and oxygen atoms in total. The summed E-state index contributed by atoms with van der Waals surface area (Å²) in [5, 5.41) is 8.37. The van der Waals surface area contributed by atoms with Gasteiger partial charge in [0, 0.05) is 0 Å². The van der Waals surface area contributed by atoms with Crippen LogP contribution in [-0.2, 0) is 0 Å². The van der Waals surface area contributed by atoms with E-state index in [1.165, 1.54) is 37.5 Å². The van der Waals surface area contributed by atoms with Gasteiger partial charge in [-0.2, -0.15) is 10.2 Å². The van der Waals surface area contributed by atoms with Gasteiger partial charge in [-0.15, -0.1) is 0 Å². The molecule has 3 rings (SSSR count). The second-order valence-corrected chi connectivity index (χ2v) is 6.97. The second-order valence-electron chi connectivity index (χ2n) is 6.97. The Hall–Kier alpha value is -3.54. The largest absolute Gasteiger partial charge is 0.494 e. The molecule has 160 valence electrons. The summed E-state index contributed by atoms with van der Waals surface area (Å²) in [6.45, 7) is 2.90. The summed E-state index contributed by atoms with van der Waals surface area (Å²) < 4.78 is 24.4. The van der Waals surface area contributed by atoms with Crippen LogP contribution < -0.4 is 9.47 Å². The Bertz CT molecular complexity index is 1000. The van der Waals surface area contributed by atoms with Crippen LogP contribution in [0.25, 0.3) is 0 Å². The first kappa shape index (κ1) is 22.2. The van der Waals surface area contributed by atoms with Crippen molar-refractivity contribution < 1.29 is 18.7 Å². The molecule has 0 unspecified atom stereocenters. The third-order valence-electron chi connectivity index (χ3n) is 4.53. The fraction of sp³-hybridized carbons (Fsp3) is 0.240. The molecule has 0 radical (unpaired) electrons. The van der Waals surface area contributed by atoms with Crippen molar-refractivity contribution in [3.8, 4) is 11.5 Å². The molecule has 0 aliphatic carbocycles. The van der Waals surface area contributed by atoms with Crippen molar-refractivity contribution in [2.75, 3.05) is 6.61 Å². The zero-order chi connectivity index (χ0) is 21.9. The third-order valence-corrected chi connectivity index (χ3v) is 4.53. The smallest absolute Gasteiger partial charge is 0.343 e. The van der Waals surface area contributed by atoms with E-state index < -0.39 is 11.8 Å². The highest BCUT2D eigenvalue weighted by Crippen LogP contribution is 2.23. The molecule has 0 fully saturated rings. The van der Waals surface area contributed by atoms with Gasteiger partial charge in [0.2, 0.25) is 0 Å². The second kappa shape index (κ2) is 11.6. The van der Waals surface area contributed by atoms with Gasteiger partial charge in [-0.3, -0.25) is 0 Å². The first-order chi connectivity index (χ1) is 15.2. The first-order valence-electron chi connectivity index (χ1n) is 10.4. The maximum atomic E-state index is 13.6. The molecule has 0 aliphatic rings. The minimum Gasteiger partial charge on any atom is -0.494 e. The highest BCUT2D eigenvalue weighted by molar-refractivity contribution is 5.91. The monoisotopic (exact) mass is 420 g/mol. The molecule has 3 aromatic carbocycles. The number of unbranched alkanes of at least 4 members (excludes halogenated alkanes) is 3. The highest BCUT2D eigenvalue weighted by atomic mass is 19.1. The van der Waals surface area contributed by atoms with E-state index in [0.29, 0.717) is 23.5 Å². The number of carbonyl (C=O) groups is 1. The van der Waals surface area contributed by atoms with Gasteiger partial charge in [0.15, 0.2) is 11.6 Å². The lowest BCUT2D eigenvalue weighted by Gasteiger charge is -2.06. The summed E-state index contributed by atoms with van der Waals surface area (Å²) in [4.78, 5) is 12.2. The van der Waals surface area contributed by atoms with Gasteiger partial charge in [-0.1, -0.05) is 38.3 Å². The zero-order valence-electron chi connectivity index (χ0n) is 17.5. The van der Waals surface area contributed by atoms with E-state index in [2.05, 4.69) is 17.2 Å². The maximum absolute atomic E-state index is 13.6. The minimum absolute atomic E-state index is 0.107. The van der Waals surface area contributed by atoms with Crippen molar-refractivity contribution >= 4 is 17.3 Å². The number of carbonyl (C=O) groups excluding carboxylic acids is 1. The van der Waals surface area contributed by atoms with Gasteiger partial charge in [-0.25, -0.2) is 9.18 Å². The van der Waals surface area contributed by atoms with Crippen molar-refractivity contribution in [3.63, 3.8) is 0 Å². The Balaban J connectivity index is 1.52. The number of rotatable bonds is 10. The average molecular weight is 420 g/mol. The van der Waals surface area contributed by atoms with Gasteiger partial charge >= 0.3 is 5.97 Å². The van der Waals surface area contributed by atoms with Crippen LogP contribution >= 0.6 is 0 Å². The number of azo groups is 1. The van der Waals surface area contributed by atoms with E-state index in [9.17, 15) is 9.18 Å². The molecule has 0 atom stereocenters. The molecule has 0 heterocycles. The molecule has 31 heavy (non-hydrogen) atoms. The number of hydrogen-bond acceptors (Lipinski definition) is 5. The lowest BCUT2D eigenvalue weighted by molar-refractivity contribution is 0.0728. The SMILES string of the molecule is CCCCCCOc1ccc(N=Nc2ccc(C(=O)Oc3ccccc3F)cc2)cc1. The molecular weight excluding hydrogens is 395 g/mol. The van der Waals surface area contributed by atoms with Crippen molar-refractivity contribution in [1.29, 1.82) is 0 Å². The number of benzene rings is 3. The summed E-state index contributed by atoms with van der Waals surface area (Å²) in [6.07, 6.45) is 4.68. The fourth-order valence-corrected chi connectivity index (χ4v) is 2.79. The van der Waals surface area contributed by atoms with Gasteiger partial charge in [0.1, 0.15) is 5.75 Å². The number of nitrogens with zero attached hydrogens (tertiary/aromatic N) is 2. The van der Waals surface area contributed by atoms with E-state index >= 15 is 0 Å². The number of para-hydroxylation sites is 1. The summed E-state index contributed by atoms with van der Waals surface area (Å²) in [7, 11) is 0. The van der Waals surface area contributed by atoms with Crippen LogP contribution in [0.4, 0.5) is 15.8 Å². The molecule has 3 aromatic rings. The summed E-state index contributed by atoms with van der Waals surface area (Å²) in [5.74, 6) is -0.522. The van der Waals surface area contributed by atoms with Crippen LogP contribution in [0.3, 0.4) is 0 Å². The number of hydrogen-bond donors (Lipinski definition) is 0. The minimum atomic E-state index is -0.640. The van der Waals surface area contributed by atoms with Crippen LogP contribution in [0.15, 0.2) is 83.0 Å². The van der Waals surface area contributed by atoms with Crippen LogP contribution in [0.2, 0.25) is 0 Å². The lowest BCUT2D eigenvalue weighted by atomic mass is 10.2. The average Bonchev–Trinajstić information content (AvgIpc) is 2.80. The molecule has 0 saturated carbocycles. The van der Waals surface area contributed by atoms with E-state index in [1.807, 2.05) is 24.3 Å². The maximum Gasteiger partial charge on any atom is 0.343 e. The van der Waals surface area contributed by atoms with Gasteiger partial charge < -0.3 is 9.47 Å². The number of ether oxygens (including phenoxy) is 2. The topological polar surface area (TPSA) is 60.2 Å². The molecule has 0 bridgehead atoms. The summed E-state index contributed by atoms with van der Waals surface area (Å²) in [5.41, 5.74) is 1.57. The van der Waals surface area contributed by atoms with Gasteiger partial charge in [0.05, 0.1) is 23.5 Å². The third kappa shape index (κ3) is 7.03. The van der Waals surface area contributed by atoms with Crippen LogP contribution in [0, 0.1) is 5.82 Å². The molecule has 0 aromatic heterocycles. The molecule has 0 N–H and O–H groups in total. The molecular formula is C25H25FN2O3. The van der Waals surface area contributed by atoms with E-state index in [-0.39, 0.29) is 5.75 Å². The van der Waals surface area contributed by atoms with Crippen molar-refractivity contribution in [2.24, 2.45) is 10.2 Å². The predicted molar refractivity (Wildman–Crippen MR) is 118 cm³/mol. The molecule has 0 saturated heterocycles. The standard InChI is InChI=1S/C25H25FN2O3/c1-2-3-4-7-18-30-22-16-14-21(15-17-22)28-27-20-12-10-19(11-13-20)25(29)31-24-9-6-5-8-23(24)26/h5-6,8-17H,2-4,7,18H2,1H3. The first-order valence-corrected chi connectivity index (χ1v) is 10.4. The summed E-state index contributed by atoms with van der Waals surface area (Å²) in [6, 6.07) is 19.6. The van der Waals surface area contributed by atoms with Gasteiger partial charge in [-0.05, 0) is 67.1 Å². The fourth-order valence-electron chi connectivity index (χ4n) is 2.79. The van der Waals surface area contributed by atoms with E-state index in [1.54, 1.807) is 30.3 Å². The van der Waals surface area contributed by atoms with Crippen molar-refractivity contribution in [3.05, 3.63) is 84.2 Å². The van der Waals surface area contributed by atoms with Crippen LogP contribution in [0.5, 0.6) is 11.5 Å². The molecule has 6 heteroatoms. The Morgan fingerprint density at radius 2 is 1.48 bits per heavy atom. The Morgan fingerprint density at radius 1 is 0.839 bits per heavy atom. The Kier molecular flexibility index (Phi) is 8.29. The number of halogens is 1. The summed E-state index contributed by atoms with van der Waals surface area (Å²) >= 11 is 0. The lowest BCUT2D eigenvalue weighted by Crippen LogP contribution is -2.09.